The number of ether oxygens (including phenoxy) is 1. The number of rotatable bonds is 4. The zero-order valence-electron chi connectivity index (χ0n) is 15.7. The first-order chi connectivity index (χ1) is 13.8. The third-order valence-electron chi connectivity index (χ3n) is 5.49. The number of amides is 1. The number of aromatic nitrogens is 2. The van der Waals surface area contributed by atoms with Gasteiger partial charge in [0, 0.05) is 43.3 Å². The highest BCUT2D eigenvalue weighted by molar-refractivity contribution is 6.03. The molecule has 6 nitrogen and oxygen atoms in total. The second-order valence-electron chi connectivity index (χ2n) is 7.22. The zero-order valence-corrected chi connectivity index (χ0v) is 15.7. The Morgan fingerprint density at radius 3 is 2.79 bits per heavy atom. The highest BCUT2D eigenvalue weighted by Gasteiger charge is 2.32. The summed E-state index contributed by atoms with van der Waals surface area (Å²) < 4.78 is 5.45. The number of carbonyl (C=O) groups is 1. The molecule has 1 fully saturated rings. The summed E-state index contributed by atoms with van der Waals surface area (Å²) >= 11 is 0. The molecule has 0 spiro atoms. The third kappa shape index (κ3) is 3.10. The molecule has 1 aromatic carbocycles. The van der Waals surface area contributed by atoms with Crippen LogP contribution >= 0.6 is 0 Å². The summed E-state index contributed by atoms with van der Waals surface area (Å²) in [6, 6.07) is 14.2. The second kappa shape index (κ2) is 7.20. The summed E-state index contributed by atoms with van der Waals surface area (Å²) in [5.41, 5.74) is 4.62. The number of hydrogen-bond acceptors (Lipinski definition) is 5. The normalized spacial score (nSPS) is 16.6. The van der Waals surface area contributed by atoms with Gasteiger partial charge in [0.25, 0.3) is 5.91 Å². The lowest BCUT2D eigenvalue weighted by atomic mass is 10.1. The SMILES string of the molecule is O=C1c2c(N3CCOCC3)ccnc2CN1CCc1ccc2ccccc2n1. The summed E-state index contributed by atoms with van der Waals surface area (Å²) in [6.45, 7) is 4.23. The molecule has 0 atom stereocenters. The highest BCUT2D eigenvalue weighted by Crippen LogP contribution is 2.30. The maximum Gasteiger partial charge on any atom is 0.258 e. The highest BCUT2D eigenvalue weighted by atomic mass is 16.5. The van der Waals surface area contributed by atoms with Gasteiger partial charge in [-0.1, -0.05) is 24.3 Å². The molecular weight excluding hydrogens is 352 g/mol. The molecule has 2 aliphatic rings. The van der Waals surface area contributed by atoms with Crippen LogP contribution in [0.1, 0.15) is 21.7 Å². The molecule has 5 rings (SSSR count). The van der Waals surface area contributed by atoms with E-state index >= 15 is 0 Å². The van der Waals surface area contributed by atoms with Crippen molar-refractivity contribution in [2.24, 2.45) is 0 Å². The Morgan fingerprint density at radius 2 is 1.89 bits per heavy atom. The Labute approximate surface area is 163 Å². The van der Waals surface area contributed by atoms with Crippen LogP contribution in [0.4, 0.5) is 5.69 Å². The minimum Gasteiger partial charge on any atom is -0.378 e. The predicted octanol–water partition coefficient (Wildman–Crippen LogP) is 2.66. The summed E-state index contributed by atoms with van der Waals surface area (Å²) in [7, 11) is 0. The molecule has 142 valence electrons. The maximum absolute atomic E-state index is 13.1. The van der Waals surface area contributed by atoms with Crippen LogP contribution in [0.25, 0.3) is 10.9 Å². The van der Waals surface area contributed by atoms with Crippen LogP contribution in [0.5, 0.6) is 0 Å². The van der Waals surface area contributed by atoms with Gasteiger partial charge in [0.05, 0.1) is 42.2 Å². The Kier molecular flexibility index (Phi) is 4.41. The Bertz CT molecular complexity index is 1030. The van der Waals surface area contributed by atoms with Gasteiger partial charge >= 0.3 is 0 Å². The standard InChI is InChI=1S/C22H22N4O2/c27-22-21-19(23-9-7-20(21)25-11-13-28-14-12-25)15-26(22)10-8-17-6-5-16-3-1-2-4-18(16)24-17/h1-7,9H,8,10-15H2. The van der Waals surface area contributed by atoms with Gasteiger partial charge in [-0.2, -0.15) is 0 Å². The molecule has 2 aromatic heterocycles. The maximum atomic E-state index is 13.1. The van der Waals surface area contributed by atoms with Gasteiger partial charge in [-0.05, 0) is 18.2 Å². The first-order valence-corrected chi connectivity index (χ1v) is 9.74. The van der Waals surface area contributed by atoms with Gasteiger partial charge in [0.2, 0.25) is 0 Å². The first kappa shape index (κ1) is 17.1. The summed E-state index contributed by atoms with van der Waals surface area (Å²) in [5.74, 6) is 0.0744. The van der Waals surface area contributed by atoms with E-state index < -0.39 is 0 Å². The molecular formula is C22H22N4O2. The number of morpholine rings is 1. The summed E-state index contributed by atoms with van der Waals surface area (Å²) in [5, 5.41) is 1.13. The van der Waals surface area contributed by atoms with Crippen LogP contribution in [0.3, 0.4) is 0 Å². The molecule has 1 saturated heterocycles. The molecule has 4 heterocycles. The number of carbonyl (C=O) groups excluding carboxylic acids is 1. The van der Waals surface area contributed by atoms with Crippen molar-refractivity contribution in [3.8, 4) is 0 Å². The number of pyridine rings is 2. The van der Waals surface area contributed by atoms with Gasteiger partial charge in [-0.25, -0.2) is 0 Å². The van der Waals surface area contributed by atoms with Gasteiger partial charge in [0.1, 0.15) is 0 Å². The van der Waals surface area contributed by atoms with Crippen LogP contribution in [-0.4, -0.2) is 53.6 Å². The van der Waals surface area contributed by atoms with E-state index in [1.807, 2.05) is 41.4 Å². The van der Waals surface area contributed by atoms with Crippen molar-refractivity contribution in [2.45, 2.75) is 13.0 Å². The molecule has 28 heavy (non-hydrogen) atoms. The van der Waals surface area contributed by atoms with E-state index in [0.717, 1.165) is 53.1 Å². The second-order valence-corrected chi connectivity index (χ2v) is 7.22. The molecule has 0 saturated carbocycles. The Balaban J connectivity index is 1.33. The van der Waals surface area contributed by atoms with Crippen LogP contribution in [0, 0.1) is 0 Å². The largest absolute Gasteiger partial charge is 0.378 e. The number of fused-ring (bicyclic) bond motifs is 2. The van der Waals surface area contributed by atoms with Gasteiger partial charge in [-0.15, -0.1) is 0 Å². The number of nitrogens with zero attached hydrogens (tertiary/aromatic N) is 4. The lowest BCUT2D eigenvalue weighted by molar-refractivity contribution is 0.0779. The Hall–Kier alpha value is -2.99. The number of benzene rings is 1. The van der Waals surface area contributed by atoms with Crippen molar-refractivity contribution in [1.82, 2.24) is 14.9 Å². The Morgan fingerprint density at radius 1 is 1.04 bits per heavy atom. The monoisotopic (exact) mass is 374 g/mol. The van der Waals surface area contributed by atoms with E-state index in [1.165, 1.54) is 0 Å². The topological polar surface area (TPSA) is 58.6 Å². The van der Waals surface area contributed by atoms with Gasteiger partial charge in [-0.3, -0.25) is 14.8 Å². The molecule has 0 unspecified atom stereocenters. The fourth-order valence-electron chi connectivity index (χ4n) is 4.00. The van der Waals surface area contributed by atoms with Gasteiger partial charge < -0.3 is 14.5 Å². The van der Waals surface area contributed by atoms with Crippen molar-refractivity contribution >= 4 is 22.5 Å². The lowest BCUT2D eigenvalue weighted by Crippen LogP contribution is -2.37. The predicted molar refractivity (Wildman–Crippen MR) is 107 cm³/mol. The number of anilines is 1. The fraction of sp³-hybridized carbons (Fsp3) is 0.318. The van der Waals surface area contributed by atoms with E-state index in [4.69, 9.17) is 9.72 Å². The molecule has 0 N–H and O–H groups in total. The molecule has 3 aromatic rings. The quantitative estimate of drug-likeness (QED) is 0.703. The smallest absolute Gasteiger partial charge is 0.258 e. The summed E-state index contributed by atoms with van der Waals surface area (Å²) in [4.78, 5) is 26.4. The minimum atomic E-state index is 0.0744. The van der Waals surface area contributed by atoms with E-state index in [2.05, 4.69) is 22.0 Å². The number of hydrogen-bond donors (Lipinski definition) is 0. The van der Waals surface area contributed by atoms with Crippen molar-refractivity contribution in [3.05, 3.63) is 65.6 Å². The molecule has 0 radical (unpaired) electrons. The van der Waals surface area contributed by atoms with Gasteiger partial charge in [0.15, 0.2) is 0 Å². The molecule has 0 bridgehead atoms. The van der Waals surface area contributed by atoms with Crippen molar-refractivity contribution < 1.29 is 9.53 Å². The van der Waals surface area contributed by atoms with Crippen LogP contribution in [-0.2, 0) is 17.7 Å². The first-order valence-electron chi connectivity index (χ1n) is 9.74. The van der Waals surface area contributed by atoms with E-state index in [9.17, 15) is 4.79 Å². The average Bonchev–Trinajstić information content (AvgIpc) is 3.08. The zero-order chi connectivity index (χ0) is 18.9. The van der Waals surface area contributed by atoms with Crippen molar-refractivity contribution in [2.75, 3.05) is 37.7 Å². The molecule has 6 heteroatoms. The molecule has 1 amide bonds. The average molecular weight is 374 g/mol. The summed E-state index contributed by atoms with van der Waals surface area (Å²) in [6.07, 6.45) is 2.54. The van der Waals surface area contributed by atoms with E-state index in [1.54, 1.807) is 0 Å². The fourth-order valence-corrected chi connectivity index (χ4v) is 4.00. The minimum absolute atomic E-state index is 0.0744. The molecule has 0 aliphatic carbocycles. The van der Waals surface area contributed by atoms with Crippen molar-refractivity contribution in [1.29, 1.82) is 0 Å². The van der Waals surface area contributed by atoms with Crippen LogP contribution in [0.15, 0.2) is 48.7 Å². The van der Waals surface area contributed by atoms with Crippen molar-refractivity contribution in [3.63, 3.8) is 0 Å². The number of para-hydroxylation sites is 1. The molecule has 2 aliphatic heterocycles. The third-order valence-corrected chi connectivity index (χ3v) is 5.49. The van der Waals surface area contributed by atoms with E-state index in [0.29, 0.717) is 26.3 Å². The van der Waals surface area contributed by atoms with E-state index in [-0.39, 0.29) is 5.91 Å². The van der Waals surface area contributed by atoms with Crippen LogP contribution in [0.2, 0.25) is 0 Å². The lowest BCUT2D eigenvalue weighted by Gasteiger charge is -2.30. The van der Waals surface area contributed by atoms with Crippen LogP contribution < -0.4 is 4.90 Å².